The molecule has 0 radical (unpaired) electrons. The third kappa shape index (κ3) is 45.2. The number of carbonyl (C=O) groups excluding carboxylic acids is 1. The van der Waals surface area contributed by atoms with Gasteiger partial charge in [-0.1, -0.05) is 52.4 Å². The van der Waals surface area contributed by atoms with Crippen LogP contribution in [0.25, 0.3) is 0 Å². The molecule has 1 nitrogen and oxygen atoms in total. The molecule has 0 heterocycles. The van der Waals surface area contributed by atoms with E-state index in [1.807, 2.05) is 27.1 Å². The molecular weight excluding hydrogens is 594 g/mol. The van der Waals surface area contributed by atoms with Gasteiger partial charge in [-0.05, 0) is 0 Å². The molecule has 0 unspecified atom stereocenters. The Morgan fingerprint density at radius 3 is 1.25 bits per heavy atom. The molecule has 0 aromatic rings. The van der Waals surface area contributed by atoms with Crippen LogP contribution in [0.3, 0.4) is 0 Å². The monoisotopic (exact) mass is 621 g/mol. The molecule has 0 atom stereocenters. The third-order valence-electron chi connectivity index (χ3n) is 1.35. The van der Waals surface area contributed by atoms with Gasteiger partial charge in [0, 0.05) is 21.1 Å². The molecule has 0 saturated heterocycles. The maximum absolute atomic E-state index is 9.70. The van der Waals surface area contributed by atoms with Gasteiger partial charge in [-0.2, -0.15) is 6.42 Å². The molecule has 16 heavy (non-hydrogen) atoms. The predicted octanol–water partition coefficient (Wildman–Crippen LogP) is 4.24. The van der Waals surface area contributed by atoms with Crippen LogP contribution in [-0.2, 0) is 25.9 Å². The van der Waals surface area contributed by atoms with Gasteiger partial charge in [0.15, 0.2) is 0 Å². The van der Waals surface area contributed by atoms with Gasteiger partial charge in [-0.15, -0.1) is 6.42 Å². The van der Waals surface area contributed by atoms with E-state index in [4.69, 9.17) is 0 Å². The van der Waals surface area contributed by atoms with E-state index in [1.54, 1.807) is 0 Å². The van der Waals surface area contributed by atoms with E-state index in [2.05, 4.69) is 27.7 Å². The standard InChI is InChI=1S/C6H11O.C6H13.CH3.U.W/c1-6(2,3)4-5-7;1-5-6(2,3)4;;;/h4H2,1-3H3;1,5H2,2-4H3;1H3;;/q3*-1;+2;. The van der Waals surface area contributed by atoms with Gasteiger partial charge in [0.25, 0.3) is 0 Å². The van der Waals surface area contributed by atoms with Gasteiger partial charge in [0.2, 0.25) is 0 Å². The molecule has 0 aromatic carbocycles. The van der Waals surface area contributed by atoms with Crippen LogP contribution in [0.4, 0.5) is 0 Å². The van der Waals surface area contributed by atoms with Crippen LogP contribution < -0.4 is 0 Å². The molecule has 0 rings (SSSR count). The molecule has 0 N–H and O–H groups in total. The van der Waals surface area contributed by atoms with Crippen LogP contribution in [0.2, 0.25) is 0 Å². The maximum atomic E-state index is 9.70. The van der Waals surface area contributed by atoms with E-state index < -0.39 is 0 Å². The van der Waals surface area contributed by atoms with Crippen LogP contribution in [-0.4, -0.2) is 6.29 Å². The predicted molar refractivity (Wildman–Crippen MR) is 65.6 cm³/mol. The largest absolute Gasteiger partial charge is 2.00 e. The molecule has 0 spiro atoms. The van der Waals surface area contributed by atoms with Gasteiger partial charge in [0.1, 0.15) is 0 Å². The maximum Gasteiger partial charge on any atom is 2.00 e. The van der Waals surface area contributed by atoms with E-state index >= 15 is 0 Å². The molecule has 0 amide bonds. The Bertz CT molecular complexity index is 134. The zero-order valence-corrected chi connectivity index (χ0v) is 19.0. The van der Waals surface area contributed by atoms with Crippen LogP contribution in [0.1, 0.15) is 54.4 Å². The summed E-state index contributed by atoms with van der Waals surface area (Å²) in [6, 6.07) is 0. The van der Waals surface area contributed by atoms with Gasteiger partial charge < -0.3 is 19.1 Å². The minimum atomic E-state index is 0. The Kier molecular flexibility index (Phi) is 27.5. The summed E-state index contributed by atoms with van der Waals surface area (Å²) in [6.45, 7) is 16.3. The molecule has 0 aliphatic carbocycles. The smallest absolute Gasteiger partial charge is 0.542 e. The summed E-state index contributed by atoms with van der Waals surface area (Å²) in [7, 11) is 0. The molecule has 0 aliphatic heterocycles. The van der Waals surface area contributed by atoms with Gasteiger partial charge in [0.05, 0.1) is 0 Å². The van der Waals surface area contributed by atoms with E-state index in [9.17, 15) is 4.79 Å². The second-order valence-electron chi connectivity index (χ2n) is 5.69. The average Bonchev–Trinajstić information content (AvgIpc) is 1.84. The molecule has 0 fully saturated rings. The number of hydrogen-bond acceptors (Lipinski definition) is 1. The zero-order chi connectivity index (χ0) is 11.1. The van der Waals surface area contributed by atoms with Crippen molar-refractivity contribution < 1.29 is 57.0 Å². The molecule has 96 valence electrons. The zero-order valence-electron chi connectivity index (χ0n) is 11.9. The normalized spacial score (nSPS) is 9.44. The first-order valence-electron chi connectivity index (χ1n) is 4.76. The van der Waals surface area contributed by atoms with E-state index in [1.165, 1.54) is 0 Å². The van der Waals surface area contributed by atoms with Crippen molar-refractivity contribution in [2.45, 2.75) is 54.4 Å². The first-order valence-corrected chi connectivity index (χ1v) is 4.76. The first kappa shape index (κ1) is 30.4. The molecule has 0 aliphatic rings. The van der Waals surface area contributed by atoms with Crippen molar-refractivity contribution in [3.05, 3.63) is 14.4 Å². The number of hydrogen-bond donors (Lipinski definition) is 0. The van der Waals surface area contributed by atoms with Crippen LogP contribution in [0, 0.1) is 56.3 Å². The Hall–Kier alpha value is 1.41. The molecule has 0 aromatic heterocycles. The summed E-state index contributed by atoms with van der Waals surface area (Å²) in [5, 5.41) is 0. The fourth-order valence-corrected chi connectivity index (χ4v) is 0.217. The average molecular weight is 621 g/mol. The van der Waals surface area contributed by atoms with E-state index in [0.717, 1.165) is 6.42 Å². The Morgan fingerprint density at radius 2 is 1.25 bits per heavy atom. The summed E-state index contributed by atoms with van der Waals surface area (Å²) >= 11 is 0. The summed E-state index contributed by atoms with van der Waals surface area (Å²) in [5.41, 5.74) is 0.557. The summed E-state index contributed by atoms with van der Waals surface area (Å²) in [6.07, 6.45) is 3.41. The third-order valence-corrected chi connectivity index (χ3v) is 1.35. The van der Waals surface area contributed by atoms with Crippen molar-refractivity contribution in [1.29, 1.82) is 0 Å². The SMILES string of the molecule is CC(C)(C)C[C-]=O.[CH2-]CC(C)(C)C.[CH3-].[U+2].[W]. The van der Waals surface area contributed by atoms with Crippen molar-refractivity contribution >= 4 is 6.29 Å². The fourth-order valence-electron chi connectivity index (χ4n) is 0.217. The molecular formula is C13H27OUW-. The minimum Gasteiger partial charge on any atom is -0.542 e. The van der Waals surface area contributed by atoms with Crippen molar-refractivity contribution in [3.8, 4) is 0 Å². The van der Waals surface area contributed by atoms with Crippen molar-refractivity contribution in [3.63, 3.8) is 0 Å². The summed E-state index contributed by atoms with van der Waals surface area (Å²) < 4.78 is 0. The van der Waals surface area contributed by atoms with E-state index in [0.29, 0.717) is 11.8 Å². The van der Waals surface area contributed by atoms with E-state index in [-0.39, 0.29) is 65.0 Å². The quantitative estimate of drug-likeness (QED) is 0.401. The van der Waals surface area contributed by atoms with Crippen molar-refractivity contribution in [1.82, 2.24) is 0 Å². The molecule has 0 bridgehead atoms. The fraction of sp³-hybridized carbons (Fsp3) is 0.769. The van der Waals surface area contributed by atoms with Crippen molar-refractivity contribution in [2.75, 3.05) is 0 Å². The van der Waals surface area contributed by atoms with Gasteiger partial charge in [-0.25, -0.2) is 0 Å². The topological polar surface area (TPSA) is 17.1 Å². The second kappa shape index (κ2) is 14.5. The minimum absolute atomic E-state index is 0. The number of rotatable bonds is 1. The van der Waals surface area contributed by atoms with Gasteiger partial charge in [-0.3, -0.25) is 6.29 Å². The Morgan fingerprint density at radius 1 is 1.00 bits per heavy atom. The van der Waals surface area contributed by atoms with Gasteiger partial charge >= 0.3 is 31.1 Å². The molecule has 3 heteroatoms. The Labute approximate surface area is 142 Å². The summed E-state index contributed by atoms with van der Waals surface area (Å²) in [4.78, 5) is 9.70. The molecule has 0 saturated carbocycles. The summed E-state index contributed by atoms with van der Waals surface area (Å²) in [5.74, 6) is 0. The van der Waals surface area contributed by atoms with Crippen LogP contribution in [0.5, 0.6) is 0 Å². The van der Waals surface area contributed by atoms with Crippen LogP contribution in [0.15, 0.2) is 0 Å². The van der Waals surface area contributed by atoms with Crippen molar-refractivity contribution in [2.24, 2.45) is 10.8 Å². The second-order valence-corrected chi connectivity index (χ2v) is 5.69. The Balaban J connectivity index is -0.0000000428. The first-order chi connectivity index (χ1) is 5.62. The van der Waals surface area contributed by atoms with Crippen LogP contribution >= 0.6 is 0 Å².